The zero-order chi connectivity index (χ0) is 18.5. The van der Waals surface area contributed by atoms with Gasteiger partial charge in [0, 0.05) is 0 Å². The lowest BCUT2D eigenvalue weighted by Crippen LogP contribution is -2.12. The molecule has 140 valence electrons. The fourth-order valence-electron chi connectivity index (χ4n) is 3.32. The second kappa shape index (κ2) is 12.7. The van der Waals surface area contributed by atoms with Gasteiger partial charge in [0.15, 0.2) is 0 Å². The zero-order valence-electron chi connectivity index (χ0n) is 15.9. The maximum absolute atomic E-state index is 11.7. The Morgan fingerprint density at radius 2 is 1.84 bits per heavy atom. The molecule has 3 atom stereocenters. The van der Waals surface area contributed by atoms with Crippen LogP contribution in [0, 0.1) is 17.8 Å². The molecule has 1 aliphatic rings. The summed E-state index contributed by atoms with van der Waals surface area (Å²) in [6.07, 6.45) is 19.4. The lowest BCUT2D eigenvalue weighted by molar-refractivity contribution is -0.153. The van der Waals surface area contributed by atoms with Gasteiger partial charge in [-0.1, -0.05) is 44.2 Å². The van der Waals surface area contributed by atoms with Crippen LogP contribution in [0.5, 0.6) is 0 Å². The summed E-state index contributed by atoms with van der Waals surface area (Å²) in [5, 5.41) is 0. The number of allylic oxidation sites excluding steroid dienone is 5. The first kappa shape index (κ1) is 21.4. The molecule has 0 amide bonds. The molecule has 1 heterocycles. The van der Waals surface area contributed by atoms with Crippen LogP contribution in [0.1, 0.15) is 71.6 Å². The molecule has 1 fully saturated rings. The first-order valence-electron chi connectivity index (χ1n) is 9.77. The maximum atomic E-state index is 11.7. The van der Waals surface area contributed by atoms with E-state index in [-0.39, 0.29) is 24.3 Å². The normalized spacial score (nSPS) is 20.3. The Balaban J connectivity index is 2.53. The summed E-state index contributed by atoms with van der Waals surface area (Å²) in [5.41, 5.74) is 0. The van der Waals surface area contributed by atoms with Gasteiger partial charge in [-0.3, -0.25) is 9.59 Å². The van der Waals surface area contributed by atoms with Crippen molar-refractivity contribution in [2.45, 2.75) is 71.6 Å². The fourth-order valence-corrected chi connectivity index (χ4v) is 3.32. The van der Waals surface area contributed by atoms with Gasteiger partial charge in [-0.05, 0) is 63.2 Å². The Kier molecular flexibility index (Phi) is 10.9. The zero-order valence-corrected chi connectivity index (χ0v) is 15.9. The molecule has 0 aromatic carbocycles. The van der Waals surface area contributed by atoms with Crippen molar-refractivity contribution in [1.82, 2.24) is 0 Å². The van der Waals surface area contributed by atoms with Crippen molar-refractivity contribution in [1.29, 1.82) is 0 Å². The van der Waals surface area contributed by atoms with Crippen molar-refractivity contribution in [3.63, 3.8) is 0 Å². The average Bonchev–Trinajstić information content (AvgIpc) is 2.92. The topological polar surface area (TPSA) is 43.4 Å². The van der Waals surface area contributed by atoms with Crippen LogP contribution < -0.4 is 0 Å². The molecule has 1 rings (SSSR count). The smallest absolute Gasteiger partial charge is 0.317 e. The summed E-state index contributed by atoms with van der Waals surface area (Å²) < 4.78 is 4.67. The summed E-state index contributed by atoms with van der Waals surface area (Å²) in [6, 6.07) is 0. The van der Waals surface area contributed by atoms with E-state index in [0.717, 1.165) is 51.4 Å². The predicted molar refractivity (Wildman–Crippen MR) is 103 cm³/mol. The van der Waals surface area contributed by atoms with Crippen LogP contribution in [0.4, 0.5) is 0 Å². The summed E-state index contributed by atoms with van der Waals surface area (Å²) >= 11 is 0. The Hall–Kier alpha value is -1.64. The largest absolute Gasteiger partial charge is 0.393 e. The molecule has 3 nitrogen and oxygen atoms in total. The first-order valence-corrected chi connectivity index (χ1v) is 9.77. The molecule has 1 saturated heterocycles. The molecule has 0 bridgehead atoms. The van der Waals surface area contributed by atoms with Crippen LogP contribution in [0.2, 0.25) is 0 Å². The van der Waals surface area contributed by atoms with Gasteiger partial charge in [-0.15, -0.1) is 6.58 Å². The van der Waals surface area contributed by atoms with Gasteiger partial charge < -0.3 is 4.74 Å². The summed E-state index contributed by atoms with van der Waals surface area (Å²) in [5.74, 6) is 0.0740. The van der Waals surface area contributed by atoms with E-state index >= 15 is 0 Å². The highest BCUT2D eigenvalue weighted by atomic mass is 16.6. The highest BCUT2D eigenvalue weighted by Crippen LogP contribution is 2.29. The third-order valence-corrected chi connectivity index (χ3v) is 4.83. The molecule has 0 saturated carbocycles. The van der Waals surface area contributed by atoms with Crippen molar-refractivity contribution >= 4 is 11.9 Å². The van der Waals surface area contributed by atoms with E-state index < -0.39 is 0 Å². The third-order valence-electron chi connectivity index (χ3n) is 4.83. The predicted octanol–water partition coefficient (Wildman–Crippen LogP) is 5.77. The third kappa shape index (κ3) is 8.85. The molecular formula is C22H34O3. The van der Waals surface area contributed by atoms with Crippen molar-refractivity contribution < 1.29 is 14.3 Å². The van der Waals surface area contributed by atoms with Crippen LogP contribution in [0.3, 0.4) is 0 Å². The number of cyclic esters (lactones) is 2. The highest BCUT2D eigenvalue weighted by molar-refractivity contribution is 5.94. The Morgan fingerprint density at radius 1 is 1.12 bits per heavy atom. The molecule has 3 heteroatoms. The van der Waals surface area contributed by atoms with Crippen LogP contribution in [-0.2, 0) is 14.3 Å². The second-order valence-electron chi connectivity index (χ2n) is 6.94. The molecular weight excluding hydrogens is 312 g/mol. The van der Waals surface area contributed by atoms with Crippen molar-refractivity contribution in [2.24, 2.45) is 17.8 Å². The molecule has 0 aliphatic carbocycles. The summed E-state index contributed by atoms with van der Waals surface area (Å²) in [7, 11) is 0. The number of rotatable bonds is 13. The maximum Gasteiger partial charge on any atom is 0.317 e. The quantitative estimate of drug-likeness (QED) is 0.242. The lowest BCUT2D eigenvalue weighted by Gasteiger charge is -2.21. The SMILES string of the molecule is C=CC(CC/C=C/CC)CC(C/C=C\CC)CCC1CC(=O)OC1=O. The number of hydrogen-bond acceptors (Lipinski definition) is 3. The Bertz CT molecular complexity index is 476. The molecule has 1 aliphatic heterocycles. The van der Waals surface area contributed by atoms with Crippen molar-refractivity contribution in [2.75, 3.05) is 0 Å². The number of carbonyl (C=O) groups is 2. The average molecular weight is 347 g/mol. The minimum absolute atomic E-state index is 0.236. The van der Waals surface area contributed by atoms with Crippen LogP contribution in [0.25, 0.3) is 0 Å². The van der Waals surface area contributed by atoms with E-state index in [0.29, 0.717) is 11.8 Å². The van der Waals surface area contributed by atoms with E-state index in [2.05, 4.69) is 55.5 Å². The molecule has 25 heavy (non-hydrogen) atoms. The van der Waals surface area contributed by atoms with E-state index in [1.165, 1.54) is 0 Å². The van der Waals surface area contributed by atoms with Gasteiger partial charge in [-0.2, -0.15) is 0 Å². The standard InChI is InChI=1S/C22H34O3/c1-4-7-9-11-12-18(6-3)16-19(13-10-8-5-2)14-15-20-17-21(23)25-22(20)24/h6-10,18-20H,3-5,11-17H2,1-2H3/b9-7+,10-8-. The van der Waals surface area contributed by atoms with Crippen molar-refractivity contribution in [3.05, 3.63) is 37.0 Å². The number of hydrogen-bond donors (Lipinski definition) is 0. The summed E-state index contributed by atoms with van der Waals surface area (Å²) in [6.45, 7) is 8.29. The molecule has 0 spiro atoms. The van der Waals surface area contributed by atoms with Gasteiger partial charge in [0.05, 0.1) is 12.3 Å². The fraction of sp³-hybridized carbons (Fsp3) is 0.636. The summed E-state index contributed by atoms with van der Waals surface area (Å²) in [4.78, 5) is 22.9. The highest BCUT2D eigenvalue weighted by Gasteiger charge is 2.33. The monoisotopic (exact) mass is 346 g/mol. The van der Waals surface area contributed by atoms with E-state index in [4.69, 9.17) is 0 Å². The molecule has 0 aromatic rings. The molecule has 0 N–H and O–H groups in total. The lowest BCUT2D eigenvalue weighted by atomic mass is 9.84. The molecule has 0 radical (unpaired) electrons. The van der Waals surface area contributed by atoms with Gasteiger partial charge >= 0.3 is 11.9 Å². The van der Waals surface area contributed by atoms with E-state index in [9.17, 15) is 9.59 Å². The van der Waals surface area contributed by atoms with Crippen LogP contribution in [-0.4, -0.2) is 11.9 Å². The number of carbonyl (C=O) groups excluding carboxylic acids is 2. The molecule has 3 unspecified atom stereocenters. The van der Waals surface area contributed by atoms with Crippen LogP contribution >= 0.6 is 0 Å². The van der Waals surface area contributed by atoms with Gasteiger partial charge in [0.1, 0.15) is 0 Å². The molecule has 0 aromatic heterocycles. The first-order chi connectivity index (χ1) is 12.1. The van der Waals surface area contributed by atoms with Gasteiger partial charge in [0.25, 0.3) is 0 Å². The number of esters is 2. The van der Waals surface area contributed by atoms with E-state index in [1.807, 2.05) is 0 Å². The minimum Gasteiger partial charge on any atom is -0.393 e. The minimum atomic E-state index is -0.371. The van der Waals surface area contributed by atoms with Crippen molar-refractivity contribution in [3.8, 4) is 0 Å². The van der Waals surface area contributed by atoms with Gasteiger partial charge in [0.2, 0.25) is 0 Å². The second-order valence-corrected chi connectivity index (χ2v) is 6.94. The van der Waals surface area contributed by atoms with Gasteiger partial charge in [-0.25, -0.2) is 0 Å². The Morgan fingerprint density at radius 3 is 2.44 bits per heavy atom. The van der Waals surface area contributed by atoms with Crippen LogP contribution in [0.15, 0.2) is 37.0 Å². The number of ether oxygens (including phenoxy) is 1. The van der Waals surface area contributed by atoms with E-state index in [1.54, 1.807) is 0 Å². The Labute approximate surface area is 153 Å².